The molecule has 1 aliphatic rings. The number of benzene rings is 1. The van der Waals surface area contributed by atoms with E-state index < -0.39 is 0 Å². The van der Waals surface area contributed by atoms with Crippen molar-refractivity contribution in [2.75, 3.05) is 6.54 Å². The van der Waals surface area contributed by atoms with Gasteiger partial charge in [0.1, 0.15) is 0 Å². The lowest BCUT2D eigenvalue weighted by molar-refractivity contribution is -0.122. The Morgan fingerprint density at radius 2 is 2.12 bits per heavy atom. The van der Waals surface area contributed by atoms with Gasteiger partial charge in [-0.25, -0.2) is 0 Å². The number of hydrogen-bond acceptors (Lipinski definition) is 2. The molecule has 0 saturated heterocycles. The Bertz CT molecular complexity index is 377. The van der Waals surface area contributed by atoms with Crippen LogP contribution in [0.15, 0.2) is 30.3 Å². The topological polar surface area (TPSA) is 55.1 Å². The van der Waals surface area contributed by atoms with Gasteiger partial charge in [-0.15, -0.1) is 0 Å². The summed E-state index contributed by atoms with van der Waals surface area (Å²) in [5.74, 6) is 0.671. The number of amides is 1. The fourth-order valence-corrected chi connectivity index (χ4v) is 2.01. The summed E-state index contributed by atoms with van der Waals surface area (Å²) in [6.07, 6.45) is 1.82. The van der Waals surface area contributed by atoms with Crippen LogP contribution in [0.4, 0.5) is 0 Å². The fourth-order valence-electron chi connectivity index (χ4n) is 2.01. The van der Waals surface area contributed by atoms with Crippen LogP contribution < -0.4 is 11.1 Å². The van der Waals surface area contributed by atoms with Crippen LogP contribution in [-0.4, -0.2) is 18.5 Å². The number of carbonyl (C=O) groups excluding carboxylic acids is 1. The molecule has 1 saturated carbocycles. The minimum Gasteiger partial charge on any atom is -0.356 e. The third-order valence-electron chi connectivity index (χ3n) is 3.42. The number of nitrogens with two attached hydrogens (primary N) is 1. The first-order valence-corrected chi connectivity index (χ1v) is 6.26. The highest BCUT2D eigenvalue weighted by atomic mass is 16.2. The van der Waals surface area contributed by atoms with Gasteiger partial charge in [-0.05, 0) is 24.3 Å². The lowest BCUT2D eigenvalue weighted by Crippen LogP contribution is -2.28. The highest BCUT2D eigenvalue weighted by molar-refractivity contribution is 5.82. The van der Waals surface area contributed by atoms with Gasteiger partial charge in [0.05, 0.1) is 5.92 Å². The van der Waals surface area contributed by atoms with E-state index in [0.717, 1.165) is 19.4 Å². The first kappa shape index (κ1) is 12.1. The molecule has 2 rings (SSSR count). The molecule has 3 N–H and O–H groups in total. The lowest BCUT2D eigenvalue weighted by Gasteiger charge is -2.12. The molecule has 0 aromatic heterocycles. The van der Waals surface area contributed by atoms with Gasteiger partial charge >= 0.3 is 0 Å². The molecule has 3 heteroatoms. The van der Waals surface area contributed by atoms with Gasteiger partial charge in [-0.2, -0.15) is 0 Å². The van der Waals surface area contributed by atoms with Crippen molar-refractivity contribution in [2.45, 2.75) is 31.7 Å². The number of carbonyl (C=O) groups is 1. The summed E-state index contributed by atoms with van der Waals surface area (Å²) in [6, 6.07) is 10.5. The summed E-state index contributed by atoms with van der Waals surface area (Å²) in [5, 5.41) is 2.96. The summed E-state index contributed by atoms with van der Waals surface area (Å²) in [6.45, 7) is 2.92. The van der Waals surface area contributed by atoms with E-state index in [9.17, 15) is 4.79 Å². The maximum atomic E-state index is 11.5. The molecule has 3 nitrogen and oxygen atoms in total. The molecule has 3 unspecified atom stereocenters. The summed E-state index contributed by atoms with van der Waals surface area (Å²) in [4.78, 5) is 11.5. The standard InChI is InChI=1S/C14H20N2O/c1-10(11-5-3-2-4-6-11)7-8-16-14(17)12-9-13(12)15/h2-6,10,12-13H,7-9,15H2,1H3,(H,16,17). The SMILES string of the molecule is CC(CCNC(=O)C1CC1N)c1ccccc1. The Balaban J connectivity index is 1.70. The molecule has 1 aliphatic carbocycles. The quantitative estimate of drug-likeness (QED) is 0.811. The van der Waals surface area contributed by atoms with Crippen LogP contribution in [0.1, 0.15) is 31.2 Å². The molecule has 1 fully saturated rings. The molecule has 0 radical (unpaired) electrons. The minimum absolute atomic E-state index is 0.0713. The van der Waals surface area contributed by atoms with Gasteiger partial charge in [-0.1, -0.05) is 37.3 Å². The smallest absolute Gasteiger partial charge is 0.224 e. The monoisotopic (exact) mass is 232 g/mol. The summed E-state index contributed by atoms with van der Waals surface area (Å²) in [5.41, 5.74) is 6.95. The van der Waals surface area contributed by atoms with E-state index in [1.54, 1.807) is 0 Å². The molecular weight excluding hydrogens is 212 g/mol. The minimum atomic E-state index is 0.0713. The summed E-state index contributed by atoms with van der Waals surface area (Å²) < 4.78 is 0. The predicted molar refractivity (Wildman–Crippen MR) is 68.6 cm³/mol. The van der Waals surface area contributed by atoms with E-state index in [2.05, 4.69) is 24.4 Å². The van der Waals surface area contributed by atoms with E-state index in [1.165, 1.54) is 5.56 Å². The predicted octanol–water partition coefficient (Wildman–Crippen LogP) is 1.64. The summed E-state index contributed by atoms with van der Waals surface area (Å²) >= 11 is 0. The second-order valence-corrected chi connectivity index (χ2v) is 4.90. The maximum Gasteiger partial charge on any atom is 0.224 e. The van der Waals surface area contributed by atoms with Crippen LogP contribution in [0.2, 0.25) is 0 Å². The van der Waals surface area contributed by atoms with Gasteiger partial charge in [0, 0.05) is 12.6 Å². The van der Waals surface area contributed by atoms with E-state index in [4.69, 9.17) is 5.73 Å². The second-order valence-electron chi connectivity index (χ2n) is 4.90. The van der Waals surface area contributed by atoms with E-state index in [0.29, 0.717) is 5.92 Å². The Morgan fingerprint density at radius 1 is 1.47 bits per heavy atom. The van der Waals surface area contributed by atoms with Gasteiger partial charge in [-0.3, -0.25) is 4.79 Å². The molecular formula is C14H20N2O. The van der Waals surface area contributed by atoms with Gasteiger partial charge < -0.3 is 11.1 Å². The van der Waals surface area contributed by atoms with Crippen molar-refractivity contribution in [3.05, 3.63) is 35.9 Å². The van der Waals surface area contributed by atoms with Gasteiger partial charge in [0.25, 0.3) is 0 Å². The fraction of sp³-hybridized carbons (Fsp3) is 0.500. The van der Waals surface area contributed by atoms with Crippen LogP contribution in [0.5, 0.6) is 0 Å². The molecule has 17 heavy (non-hydrogen) atoms. The van der Waals surface area contributed by atoms with Crippen molar-refractivity contribution in [3.8, 4) is 0 Å². The first-order chi connectivity index (χ1) is 8.18. The molecule has 3 atom stereocenters. The molecule has 1 aromatic rings. The number of hydrogen-bond donors (Lipinski definition) is 2. The van der Waals surface area contributed by atoms with Crippen molar-refractivity contribution < 1.29 is 4.79 Å². The van der Waals surface area contributed by atoms with Crippen LogP contribution in [0, 0.1) is 5.92 Å². The molecule has 0 heterocycles. The van der Waals surface area contributed by atoms with Crippen molar-refractivity contribution in [1.82, 2.24) is 5.32 Å². The first-order valence-electron chi connectivity index (χ1n) is 6.26. The third kappa shape index (κ3) is 3.30. The Morgan fingerprint density at radius 3 is 2.71 bits per heavy atom. The Labute approximate surface area is 102 Å². The molecule has 92 valence electrons. The second kappa shape index (κ2) is 5.32. The highest BCUT2D eigenvalue weighted by Gasteiger charge is 2.39. The zero-order valence-electron chi connectivity index (χ0n) is 10.2. The van der Waals surface area contributed by atoms with Crippen LogP contribution in [0.3, 0.4) is 0 Å². The molecule has 0 bridgehead atoms. The third-order valence-corrected chi connectivity index (χ3v) is 3.42. The van der Waals surface area contributed by atoms with E-state index >= 15 is 0 Å². The highest BCUT2D eigenvalue weighted by Crippen LogP contribution is 2.27. The Kier molecular flexibility index (Phi) is 3.79. The molecule has 0 aliphatic heterocycles. The molecule has 1 aromatic carbocycles. The van der Waals surface area contributed by atoms with Crippen LogP contribution in [-0.2, 0) is 4.79 Å². The average molecular weight is 232 g/mol. The summed E-state index contributed by atoms with van der Waals surface area (Å²) in [7, 11) is 0. The molecule has 1 amide bonds. The van der Waals surface area contributed by atoms with E-state index in [-0.39, 0.29) is 17.9 Å². The van der Waals surface area contributed by atoms with Crippen molar-refractivity contribution in [3.63, 3.8) is 0 Å². The zero-order chi connectivity index (χ0) is 12.3. The van der Waals surface area contributed by atoms with Crippen LogP contribution >= 0.6 is 0 Å². The van der Waals surface area contributed by atoms with Crippen molar-refractivity contribution in [2.24, 2.45) is 11.7 Å². The lowest BCUT2D eigenvalue weighted by atomic mass is 9.98. The normalized spacial score (nSPS) is 24.1. The van der Waals surface area contributed by atoms with E-state index in [1.807, 2.05) is 18.2 Å². The average Bonchev–Trinajstić information content (AvgIpc) is 3.07. The van der Waals surface area contributed by atoms with Gasteiger partial charge in [0.15, 0.2) is 0 Å². The number of rotatable bonds is 5. The maximum absolute atomic E-state index is 11.5. The van der Waals surface area contributed by atoms with Gasteiger partial charge in [0.2, 0.25) is 5.91 Å². The number of nitrogens with one attached hydrogen (secondary N) is 1. The van der Waals surface area contributed by atoms with Crippen molar-refractivity contribution in [1.29, 1.82) is 0 Å². The van der Waals surface area contributed by atoms with Crippen molar-refractivity contribution >= 4 is 5.91 Å². The largest absolute Gasteiger partial charge is 0.356 e. The zero-order valence-corrected chi connectivity index (χ0v) is 10.2. The molecule has 0 spiro atoms. The Hall–Kier alpha value is -1.35. The van der Waals surface area contributed by atoms with Crippen LogP contribution in [0.25, 0.3) is 0 Å².